The Morgan fingerprint density at radius 1 is 1.00 bits per heavy atom. The van der Waals surface area contributed by atoms with E-state index in [9.17, 15) is 4.79 Å². The van der Waals surface area contributed by atoms with E-state index >= 15 is 0 Å². The molecule has 2 rings (SSSR count). The molecule has 1 unspecified atom stereocenters. The first kappa shape index (κ1) is 16.9. The molecule has 4 heteroatoms. The van der Waals surface area contributed by atoms with Crippen LogP contribution in [0.15, 0.2) is 36.4 Å². The Hall–Kier alpha value is -2.49. The Labute approximate surface area is 137 Å². The third kappa shape index (κ3) is 4.03. The van der Waals surface area contributed by atoms with Gasteiger partial charge in [-0.1, -0.05) is 23.8 Å². The third-order valence-corrected chi connectivity index (χ3v) is 3.86. The van der Waals surface area contributed by atoms with Gasteiger partial charge in [-0.2, -0.15) is 0 Å². The molecule has 1 atom stereocenters. The molecule has 0 saturated carbocycles. The van der Waals surface area contributed by atoms with Crippen LogP contribution in [0.4, 0.5) is 0 Å². The summed E-state index contributed by atoms with van der Waals surface area (Å²) < 4.78 is 10.4. The Morgan fingerprint density at radius 2 is 1.61 bits per heavy atom. The number of hydrogen-bond donors (Lipinski definition) is 1. The lowest BCUT2D eigenvalue weighted by Crippen LogP contribution is -2.27. The lowest BCUT2D eigenvalue weighted by atomic mass is 9.99. The fourth-order valence-electron chi connectivity index (χ4n) is 2.52. The summed E-state index contributed by atoms with van der Waals surface area (Å²) in [6.45, 7) is 6.08. The summed E-state index contributed by atoms with van der Waals surface area (Å²) in [5.41, 5.74) is 3.97. The highest BCUT2D eigenvalue weighted by molar-refractivity contribution is 5.95. The molecule has 0 aliphatic carbocycles. The summed E-state index contributed by atoms with van der Waals surface area (Å²) >= 11 is 0. The minimum absolute atomic E-state index is 0.0837. The third-order valence-electron chi connectivity index (χ3n) is 3.86. The van der Waals surface area contributed by atoms with Gasteiger partial charge >= 0.3 is 0 Å². The first-order valence-corrected chi connectivity index (χ1v) is 7.55. The molecule has 0 aromatic heterocycles. The number of carbonyl (C=O) groups excluding carboxylic acids is 1. The molecule has 23 heavy (non-hydrogen) atoms. The molecular weight excluding hydrogens is 290 g/mol. The number of aryl methyl sites for hydroxylation is 2. The van der Waals surface area contributed by atoms with Crippen LogP contribution in [0.3, 0.4) is 0 Å². The summed E-state index contributed by atoms with van der Waals surface area (Å²) in [5.74, 6) is 1.03. The van der Waals surface area contributed by atoms with Crippen molar-refractivity contribution in [2.24, 2.45) is 0 Å². The lowest BCUT2D eigenvalue weighted by Gasteiger charge is -2.18. The zero-order chi connectivity index (χ0) is 17.0. The summed E-state index contributed by atoms with van der Waals surface area (Å²) in [4.78, 5) is 12.5. The van der Waals surface area contributed by atoms with Gasteiger partial charge < -0.3 is 14.8 Å². The van der Waals surface area contributed by atoms with E-state index < -0.39 is 0 Å². The van der Waals surface area contributed by atoms with Crippen LogP contribution in [0, 0.1) is 13.8 Å². The molecule has 1 amide bonds. The summed E-state index contributed by atoms with van der Waals surface area (Å²) in [7, 11) is 3.13. The van der Waals surface area contributed by atoms with E-state index in [0.717, 1.165) is 11.1 Å². The van der Waals surface area contributed by atoms with Gasteiger partial charge in [-0.15, -0.1) is 0 Å². The second-order valence-electron chi connectivity index (χ2n) is 5.66. The molecule has 0 aliphatic rings. The van der Waals surface area contributed by atoms with Gasteiger partial charge in [0.25, 0.3) is 5.91 Å². The van der Waals surface area contributed by atoms with E-state index in [1.807, 2.05) is 20.8 Å². The van der Waals surface area contributed by atoms with Crippen molar-refractivity contribution in [3.8, 4) is 11.5 Å². The number of nitrogens with one attached hydrogen (secondary N) is 1. The van der Waals surface area contributed by atoms with Crippen LogP contribution in [0.5, 0.6) is 11.5 Å². The highest BCUT2D eigenvalue weighted by Crippen LogP contribution is 2.24. The lowest BCUT2D eigenvalue weighted by molar-refractivity contribution is 0.0939. The maximum Gasteiger partial charge on any atom is 0.252 e. The monoisotopic (exact) mass is 313 g/mol. The van der Waals surface area contributed by atoms with E-state index in [-0.39, 0.29) is 11.9 Å². The second kappa shape index (κ2) is 7.18. The highest BCUT2D eigenvalue weighted by Gasteiger charge is 2.15. The van der Waals surface area contributed by atoms with E-state index in [1.165, 1.54) is 5.56 Å². The van der Waals surface area contributed by atoms with Gasteiger partial charge in [0.1, 0.15) is 11.5 Å². The second-order valence-corrected chi connectivity index (χ2v) is 5.66. The minimum atomic E-state index is -0.157. The fourth-order valence-corrected chi connectivity index (χ4v) is 2.52. The highest BCUT2D eigenvalue weighted by atomic mass is 16.5. The van der Waals surface area contributed by atoms with Gasteiger partial charge in [0, 0.05) is 11.6 Å². The van der Waals surface area contributed by atoms with Gasteiger partial charge in [-0.25, -0.2) is 0 Å². The molecule has 0 aliphatic heterocycles. The van der Waals surface area contributed by atoms with Crippen LogP contribution in [-0.4, -0.2) is 20.1 Å². The van der Waals surface area contributed by atoms with Gasteiger partial charge in [0.15, 0.2) is 0 Å². The van der Waals surface area contributed by atoms with E-state index in [0.29, 0.717) is 17.1 Å². The van der Waals surface area contributed by atoms with E-state index in [2.05, 4.69) is 23.5 Å². The Kier molecular flexibility index (Phi) is 5.27. The predicted molar refractivity (Wildman–Crippen MR) is 91.3 cm³/mol. The van der Waals surface area contributed by atoms with Gasteiger partial charge in [0.2, 0.25) is 0 Å². The van der Waals surface area contributed by atoms with Crippen molar-refractivity contribution in [1.29, 1.82) is 0 Å². The Bertz CT molecular complexity index is 688. The van der Waals surface area contributed by atoms with Crippen LogP contribution in [0.2, 0.25) is 0 Å². The largest absolute Gasteiger partial charge is 0.497 e. The maximum atomic E-state index is 12.5. The summed E-state index contributed by atoms with van der Waals surface area (Å²) in [5, 5.41) is 3.03. The smallest absolute Gasteiger partial charge is 0.252 e. The number of rotatable bonds is 5. The minimum Gasteiger partial charge on any atom is -0.497 e. The van der Waals surface area contributed by atoms with Crippen LogP contribution in [0.1, 0.15) is 40.0 Å². The molecule has 0 spiro atoms. The molecule has 0 bridgehead atoms. The van der Waals surface area contributed by atoms with Crippen molar-refractivity contribution in [3.05, 3.63) is 58.7 Å². The first-order valence-electron chi connectivity index (χ1n) is 7.55. The molecule has 1 N–H and O–H groups in total. The van der Waals surface area contributed by atoms with Gasteiger partial charge in [0.05, 0.1) is 20.3 Å². The van der Waals surface area contributed by atoms with Crippen molar-refractivity contribution >= 4 is 5.91 Å². The number of ether oxygens (including phenoxy) is 2. The predicted octanol–water partition coefficient (Wildman–Crippen LogP) is 3.81. The van der Waals surface area contributed by atoms with Crippen molar-refractivity contribution in [2.75, 3.05) is 14.2 Å². The Morgan fingerprint density at radius 3 is 2.17 bits per heavy atom. The van der Waals surface area contributed by atoms with Crippen molar-refractivity contribution in [3.63, 3.8) is 0 Å². The molecule has 0 radical (unpaired) electrons. The topological polar surface area (TPSA) is 47.6 Å². The number of amides is 1. The number of benzene rings is 2. The van der Waals surface area contributed by atoms with Crippen LogP contribution in [0.25, 0.3) is 0 Å². The molecule has 122 valence electrons. The number of methoxy groups -OCH3 is 2. The van der Waals surface area contributed by atoms with E-state index in [1.54, 1.807) is 32.4 Å². The summed E-state index contributed by atoms with van der Waals surface area (Å²) in [6.07, 6.45) is 0. The van der Waals surface area contributed by atoms with Crippen molar-refractivity contribution < 1.29 is 14.3 Å². The average Bonchev–Trinajstić information content (AvgIpc) is 2.56. The van der Waals surface area contributed by atoms with Gasteiger partial charge in [-0.05, 0) is 44.0 Å². The molecule has 0 saturated heterocycles. The first-order chi connectivity index (χ1) is 10.9. The molecule has 0 fully saturated rings. The number of hydrogen-bond acceptors (Lipinski definition) is 3. The zero-order valence-electron chi connectivity index (χ0n) is 14.3. The fraction of sp³-hybridized carbons (Fsp3) is 0.316. The standard InChI is InChI=1S/C19H23NO3/c1-12-6-7-13(2)18(8-12)14(3)20-19(21)15-9-16(22-4)11-17(10-15)23-5/h6-11,14H,1-5H3,(H,20,21). The molecule has 0 heterocycles. The van der Waals surface area contributed by atoms with Crippen molar-refractivity contribution in [1.82, 2.24) is 5.32 Å². The summed E-state index contributed by atoms with van der Waals surface area (Å²) in [6, 6.07) is 11.3. The van der Waals surface area contributed by atoms with Crippen molar-refractivity contribution in [2.45, 2.75) is 26.8 Å². The van der Waals surface area contributed by atoms with Gasteiger partial charge in [-0.3, -0.25) is 4.79 Å². The molecule has 2 aromatic carbocycles. The maximum absolute atomic E-state index is 12.5. The number of carbonyl (C=O) groups is 1. The SMILES string of the molecule is COc1cc(OC)cc(C(=O)NC(C)c2cc(C)ccc2C)c1. The molecular formula is C19H23NO3. The van der Waals surface area contributed by atoms with E-state index in [4.69, 9.17) is 9.47 Å². The average molecular weight is 313 g/mol. The van der Waals surface area contributed by atoms with Crippen LogP contribution >= 0.6 is 0 Å². The van der Waals surface area contributed by atoms with Crippen LogP contribution < -0.4 is 14.8 Å². The van der Waals surface area contributed by atoms with Crippen LogP contribution in [-0.2, 0) is 0 Å². The zero-order valence-corrected chi connectivity index (χ0v) is 14.3. The Balaban J connectivity index is 2.23. The quantitative estimate of drug-likeness (QED) is 0.913. The normalized spacial score (nSPS) is 11.7. The molecule has 4 nitrogen and oxygen atoms in total. The molecule has 2 aromatic rings.